The summed E-state index contributed by atoms with van der Waals surface area (Å²) in [4.78, 5) is 4.72. The minimum atomic E-state index is 0.503. The largest absolute Gasteiger partial charge is 0.355 e. The first kappa shape index (κ1) is 18.3. The third kappa shape index (κ3) is 4.59. The van der Waals surface area contributed by atoms with Crippen molar-refractivity contribution in [1.29, 1.82) is 0 Å². The smallest absolute Gasteiger partial charge is 0.191 e. The van der Waals surface area contributed by atoms with E-state index in [9.17, 15) is 0 Å². The highest BCUT2D eigenvalue weighted by Gasteiger charge is 2.16. The number of hydrogen-bond acceptors (Lipinski definition) is 5. The number of nitrogens with one attached hydrogen (secondary N) is 2. The third-order valence-corrected chi connectivity index (χ3v) is 4.91. The molecular formula is C17H29N9. The van der Waals surface area contributed by atoms with E-state index in [-0.39, 0.29) is 0 Å². The van der Waals surface area contributed by atoms with Gasteiger partial charge in [0.1, 0.15) is 24.5 Å². The second-order valence-electron chi connectivity index (χ2n) is 6.73. The average Bonchev–Trinajstić information content (AvgIpc) is 3.37. The quantitative estimate of drug-likeness (QED) is 0.564. The minimum Gasteiger partial charge on any atom is -0.355 e. The van der Waals surface area contributed by atoms with Crippen LogP contribution < -0.4 is 10.6 Å². The van der Waals surface area contributed by atoms with Crippen molar-refractivity contribution in [3.8, 4) is 0 Å². The molecule has 2 heterocycles. The van der Waals surface area contributed by atoms with Crippen molar-refractivity contribution in [2.75, 3.05) is 6.54 Å². The summed E-state index contributed by atoms with van der Waals surface area (Å²) in [6, 6.07) is 0.503. The van der Waals surface area contributed by atoms with Crippen LogP contribution in [0.4, 0.5) is 0 Å². The molecule has 1 fully saturated rings. The van der Waals surface area contributed by atoms with Gasteiger partial charge >= 0.3 is 0 Å². The van der Waals surface area contributed by atoms with Gasteiger partial charge in [0, 0.05) is 32.6 Å². The molecule has 2 N–H and O–H groups in total. The molecule has 0 unspecified atom stereocenters. The van der Waals surface area contributed by atoms with Gasteiger partial charge in [-0.05, 0) is 19.8 Å². The van der Waals surface area contributed by atoms with E-state index in [1.807, 2.05) is 18.5 Å². The predicted octanol–water partition coefficient (Wildman–Crippen LogP) is 0.955. The zero-order valence-corrected chi connectivity index (χ0v) is 15.9. The lowest BCUT2D eigenvalue weighted by Gasteiger charge is -2.17. The zero-order valence-electron chi connectivity index (χ0n) is 15.9. The van der Waals surface area contributed by atoms with Crippen LogP contribution in [0.5, 0.6) is 0 Å². The van der Waals surface area contributed by atoms with E-state index in [2.05, 4.69) is 42.5 Å². The number of nitrogens with zero attached hydrogens (tertiary/aromatic N) is 7. The summed E-state index contributed by atoms with van der Waals surface area (Å²) < 4.78 is 4.05. The van der Waals surface area contributed by atoms with Gasteiger partial charge in [0.15, 0.2) is 11.8 Å². The molecule has 0 radical (unpaired) electrons. The third-order valence-electron chi connectivity index (χ3n) is 4.91. The van der Waals surface area contributed by atoms with Crippen molar-refractivity contribution in [3.63, 3.8) is 0 Å². The Kier molecular flexibility index (Phi) is 6.19. The predicted molar refractivity (Wildman–Crippen MR) is 99.7 cm³/mol. The lowest BCUT2D eigenvalue weighted by Crippen LogP contribution is -2.43. The van der Waals surface area contributed by atoms with Crippen LogP contribution >= 0.6 is 0 Å². The first-order valence-corrected chi connectivity index (χ1v) is 9.43. The number of rotatable bonds is 7. The highest BCUT2D eigenvalue weighted by Crippen LogP contribution is 2.17. The topological polar surface area (TPSA) is 97.8 Å². The molecule has 142 valence electrons. The van der Waals surface area contributed by atoms with Crippen LogP contribution in [0.15, 0.2) is 11.3 Å². The van der Waals surface area contributed by atoms with Gasteiger partial charge in [0.05, 0.1) is 0 Å². The molecule has 1 aliphatic rings. The Morgan fingerprint density at radius 2 is 2.04 bits per heavy atom. The van der Waals surface area contributed by atoms with Crippen molar-refractivity contribution in [2.45, 2.75) is 65.1 Å². The highest BCUT2D eigenvalue weighted by atomic mass is 15.3. The molecule has 0 saturated heterocycles. The maximum atomic E-state index is 4.72. The summed E-state index contributed by atoms with van der Waals surface area (Å²) in [5.41, 5.74) is 0. The maximum Gasteiger partial charge on any atom is 0.191 e. The summed E-state index contributed by atoms with van der Waals surface area (Å²) in [7, 11) is 1.97. The second kappa shape index (κ2) is 8.77. The molecule has 26 heavy (non-hydrogen) atoms. The maximum absolute atomic E-state index is 4.72. The first-order chi connectivity index (χ1) is 12.7. The van der Waals surface area contributed by atoms with Crippen LogP contribution in [0.25, 0.3) is 0 Å². The standard InChI is InChI=1S/C17H29N9/c1-4-15-23-20-12-26(15)10-9-18-17(21-14-7-5-6-8-14)19-11-16-24-22-13(2)25(16)3/h12,14H,4-11H2,1-3H3,(H2,18,19,21). The molecule has 9 nitrogen and oxygen atoms in total. The molecule has 0 aromatic carbocycles. The van der Waals surface area contributed by atoms with E-state index in [1.165, 1.54) is 25.7 Å². The van der Waals surface area contributed by atoms with Gasteiger partial charge in [0.25, 0.3) is 0 Å². The Hall–Kier alpha value is -2.45. The fourth-order valence-electron chi connectivity index (χ4n) is 3.19. The van der Waals surface area contributed by atoms with Gasteiger partial charge < -0.3 is 19.8 Å². The van der Waals surface area contributed by atoms with Gasteiger partial charge in [-0.15, -0.1) is 20.4 Å². The Morgan fingerprint density at radius 3 is 2.73 bits per heavy atom. The normalized spacial score (nSPS) is 15.6. The SMILES string of the molecule is CCc1nncn1CCNC(=NCc1nnc(C)n1C)NC1CCCC1. The van der Waals surface area contributed by atoms with E-state index < -0.39 is 0 Å². The van der Waals surface area contributed by atoms with E-state index in [0.717, 1.165) is 42.9 Å². The van der Waals surface area contributed by atoms with Crippen molar-refractivity contribution in [3.05, 3.63) is 23.8 Å². The molecule has 0 amide bonds. The fourth-order valence-corrected chi connectivity index (χ4v) is 3.19. The first-order valence-electron chi connectivity index (χ1n) is 9.43. The molecule has 0 spiro atoms. The minimum absolute atomic E-state index is 0.503. The Morgan fingerprint density at radius 1 is 1.23 bits per heavy atom. The van der Waals surface area contributed by atoms with Crippen LogP contribution in [0.1, 0.15) is 50.1 Å². The molecule has 3 rings (SSSR count). The number of aliphatic imine (C=N–C) groups is 1. The highest BCUT2D eigenvalue weighted by molar-refractivity contribution is 5.80. The van der Waals surface area contributed by atoms with E-state index in [0.29, 0.717) is 12.6 Å². The summed E-state index contributed by atoms with van der Waals surface area (Å²) in [6.45, 7) is 6.12. The summed E-state index contributed by atoms with van der Waals surface area (Å²) >= 11 is 0. The summed E-state index contributed by atoms with van der Waals surface area (Å²) in [5, 5.41) is 23.4. The molecule has 9 heteroatoms. The van der Waals surface area contributed by atoms with Crippen LogP contribution in [-0.4, -0.2) is 48.1 Å². The lowest BCUT2D eigenvalue weighted by molar-refractivity contribution is 0.591. The number of aryl methyl sites for hydroxylation is 2. The van der Waals surface area contributed by atoms with Crippen molar-refractivity contribution in [2.24, 2.45) is 12.0 Å². The van der Waals surface area contributed by atoms with Gasteiger partial charge in [-0.2, -0.15) is 0 Å². The monoisotopic (exact) mass is 359 g/mol. The van der Waals surface area contributed by atoms with Gasteiger partial charge in [-0.1, -0.05) is 19.8 Å². The Balaban J connectivity index is 1.60. The summed E-state index contributed by atoms with van der Waals surface area (Å²) in [5.74, 6) is 3.60. The molecule has 0 aliphatic heterocycles. The van der Waals surface area contributed by atoms with Crippen molar-refractivity contribution in [1.82, 2.24) is 40.2 Å². The van der Waals surface area contributed by atoms with Crippen LogP contribution in [-0.2, 0) is 26.6 Å². The van der Waals surface area contributed by atoms with Crippen molar-refractivity contribution < 1.29 is 0 Å². The molecule has 0 atom stereocenters. The van der Waals surface area contributed by atoms with E-state index in [1.54, 1.807) is 6.33 Å². The Labute approximate surface area is 154 Å². The van der Waals surface area contributed by atoms with Crippen molar-refractivity contribution >= 4 is 5.96 Å². The van der Waals surface area contributed by atoms with Crippen LogP contribution in [0, 0.1) is 6.92 Å². The van der Waals surface area contributed by atoms with Gasteiger partial charge in [-0.25, -0.2) is 4.99 Å². The molecule has 2 aromatic rings. The van der Waals surface area contributed by atoms with Crippen LogP contribution in [0.2, 0.25) is 0 Å². The molecule has 1 aliphatic carbocycles. The average molecular weight is 359 g/mol. The molecule has 0 bridgehead atoms. The summed E-state index contributed by atoms with van der Waals surface area (Å²) in [6.07, 6.45) is 7.64. The molecule has 2 aromatic heterocycles. The van der Waals surface area contributed by atoms with E-state index in [4.69, 9.17) is 4.99 Å². The van der Waals surface area contributed by atoms with E-state index >= 15 is 0 Å². The Bertz CT molecular complexity index is 724. The number of aromatic nitrogens is 6. The van der Waals surface area contributed by atoms with Crippen LogP contribution in [0.3, 0.4) is 0 Å². The molecular weight excluding hydrogens is 330 g/mol. The van der Waals surface area contributed by atoms with Gasteiger partial charge in [-0.3, -0.25) is 0 Å². The van der Waals surface area contributed by atoms with Gasteiger partial charge in [0.2, 0.25) is 0 Å². The fraction of sp³-hybridized carbons (Fsp3) is 0.706. The molecule has 1 saturated carbocycles. The number of guanidine groups is 1. The second-order valence-corrected chi connectivity index (χ2v) is 6.73. The number of hydrogen-bond donors (Lipinski definition) is 2. The lowest BCUT2D eigenvalue weighted by atomic mass is 10.2. The zero-order chi connectivity index (χ0) is 18.4.